The molecule has 6 heteroatoms. The highest BCUT2D eigenvalue weighted by atomic mass is 19.2. The standard InChI is InChI=1S/C11H11F2NO3/c1-14(6-5-9(15)16)11(17)7-3-2-4-8(12)10(7)13/h2-4H,5-6H2,1H3,(H,15,16). The Hall–Kier alpha value is -1.98. The summed E-state index contributed by atoms with van der Waals surface area (Å²) in [6, 6.07) is 3.28. The molecule has 0 aliphatic heterocycles. The summed E-state index contributed by atoms with van der Waals surface area (Å²) in [6.07, 6.45) is -0.251. The van der Waals surface area contributed by atoms with Crippen molar-refractivity contribution in [1.29, 1.82) is 0 Å². The third-order valence-corrected chi connectivity index (χ3v) is 2.19. The predicted octanol–water partition coefficient (Wildman–Crippen LogP) is 1.51. The highest BCUT2D eigenvalue weighted by Gasteiger charge is 2.18. The molecule has 1 rings (SSSR count). The van der Waals surface area contributed by atoms with Crippen LogP contribution in [-0.2, 0) is 4.79 Å². The van der Waals surface area contributed by atoms with Crippen LogP contribution in [0.3, 0.4) is 0 Å². The van der Waals surface area contributed by atoms with Gasteiger partial charge in [0, 0.05) is 13.6 Å². The van der Waals surface area contributed by atoms with Crippen LogP contribution in [0.4, 0.5) is 8.78 Å². The highest BCUT2D eigenvalue weighted by molar-refractivity contribution is 5.94. The molecule has 0 unspecified atom stereocenters. The molecule has 0 fully saturated rings. The molecule has 0 bridgehead atoms. The third kappa shape index (κ3) is 3.24. The Morgan fingerprint density at radius 3 is 2.59 bits per heavy atom. The molecule has 4 nitrogen and oxygen atoms in total. The average molecular weight is 243 g/mol. The van der Waals surface area contributed by atoms with Crippen molar-refractivity contribution in [1.82, 2.24) is 4.90 Å². The molecule has 1 aromatic rings. The van der Waals surface area contributed by atoms with Gasteiger partial charge in [-0.3, -0.25) is 9.59 Å². The number of carboxylic acid groups (broad SMARTS) is 1. The Kier molecular flexibility index (Phi) is 4.14. The molecule has 0 saturated carbocycles. The van der Waals surface area contributed by atoms with Gasteiger partial charge in [-0.15, -0.1) is 0 Å². The van der Waals surface area contributed by atoms with E-state index in [1.807, 2.05) is 0 Å². The maximum atomic E-state index is 13.3. The normalized spacial score (nSPS) is 10.1. The number of amides is 1. The van der Waals surface area contributed by atoms with Gasteiger partial charge in [0.15, 0.2) is 11.6 Å². The van der Waals surface area contributed by atoms with Crippen molar-refractivity contribution in [3.8, 4) is 0 Å². The highest BCUT2D eigenvalue weighted by Crippen LogP contribution is 2.13. The van der Waals surface area contributed by atoms with Gasteiger partial charge >= 0.3 is 5.97 Å². The molecule has 0 radical (unpaired) electrons. The molecule has 0 saturated heterocycles. The van der Waals surface area contributed by atoms with Gasteiger partial charge in [-0.25, -0.2) is 8.78 Å². The zero-order valence-electron chi connectivity index (χ0n) is 9.11. The molecule has 1 N–H and O–H groups in total. The SMILES string of the molecule is CN(CCC(=O)O)C(=O)c1cccc(F)c1F. The van der Waals surface area contributed by atoms with Crippen molar-refractivity contribution in [2.24, 2.45) is 0 Å². The van der Waals surface area contributed by atoms with Crippen LogP contribution in [0, 0.1) is 11.6 Å². The van der Waals surface area contributed by atoms with Gasteiger partial charge in [0.05, 0.1) is 12.0 Å². The van der Waals surface area contributed by atoms with E-state index in [2.05, 4.69) is 0 Å². The fraction of sp³-hybridized carbons (Fsp3) is 0.273. The van der Waals surface area contributed by atoms with Crippen molar-refractivity contribution in [2.75, 3.05) is 13.6 Å². The van der Waals surface area contributed by atoms with Crippen LogP contribution in [0.5, 0.6) is 0 Å². The van der Waals surface area contributed by atoms with Gasteiger partial charge in [-0.1, -0.05) is 6.07 Å². The predicted molar refractivity (Wildman–Crippen MR) is 55.6 cm³/mol. The number of rotatable bonds is 4. The number of carboxylic acids is 1. The molecule has 0 atom stereocenters. The Balaban J connectivity index is 2.82. The number of aliphatic carboxylic acids is 1. The Morgan fingerprint density at radius 2 is 2.00 bits per heavy atom. The van der Waals surface area contributed by atoms with E-state index in [9.17, 15) is 18.4 Å². The van der Waals surface area contributed by atoms with Gasteiger partial charge in [0.1, 0.15) is 0 Å². The first-order chi connectivity index (χ1) is 7.93. The van der Waals surface area contributed by atoms with E-state index >= 15 is 0 Å². The van der Waals surface area contributed by atoms with Crippen LogP contribution < -0.4 is 0 Å². The molecule has 92 valence electrons. The fourth-order valence-corrected chi connectivity index (χ4v) is 1.24. The van der Waals surface area contributed by atoms with Gasteiger partial charge in [0.2, 0.25) is 0 Å². The fourth-order valence-electron chi connectivity index (χ4n) is 1.24. The summed E-state index contributed by atoms with van der Waals surface area (Å²) in [5.41, 5.74) is -0.405. The molecule has 0 aliphatic carbocycles. The molecule has 0 spiro atoms. The minimum atomic E-state index is -1.22. The Labute approximate surface area is 96.5 Å². The summed E-state index contributed by atoms with van der Waals surface area (Å²) in [5.74, 6) is -4.14. The minimum Gasteiger partial charge on any atom is -0.481 e. The van der Waals surface area contributed by atoms with E-state index in [1.54, 1.807) is 0 Å². The monoisotopic (exact) mass is 243 g/mol. The first-order valence-corrected chi connectivity index (χ1v) is 4.84. The number of hydrogen-bond acceptors (Lipinski definition) is 2. The average Bonchev–Trinajstić information content (AvgIpc) is 2.28. The van der Waals surface area contributed by atoms with Crippen molar-refractivity contribution >= 4 is 11.9 Å². The van der Waals surface area contributed by atoms with Gasteiger partial charge in [-0.2, -0.15) is 0 Å². The van der Waals surface area contributed by atoms with Crippen LogP contribution >= 0.6 is 0 Å². The number of carbonyl (C=O) groups excluding carboxylic acids is 1. The molecule has 1 amide bonds. The van der Waals surface area contributed by atoms with Crippen molar-refractivity contribution in [3.05, 3.63) is 35.4 Å². The van der Waals surface area contributed by atoms with E-state index in [4.69, 9.17) is 5.11 Å². The van der Waals surface area contributed by atoms with Crippen molar-refractivity contribution in [3.63, 3.8) is 0 Å². The lowest BCUT2D eigenvalue weighted by Crippen LogP contribution is -2.29. The largest absolute Gasteiger partial charge is 0.481 e. The smallest absolute Gasteiger partial charge is 0.305 e. The second-order valence-electron chi connectivity index (χ2n) is 3.47. The van der Waals surface area contributed by atoms with E-state index < -0.39 is 29.1 Å². The number of halogens is 2. The molecule has 0 aliphatic rings. The van der Waals surface area contributed by atoms with Crippen LogP contribution in [-0.4, -0.2) is 35.5 Å². The molecule has 1 aromatic carbocycles. The molecule has 0 heterocycles. The first kappa shape index (κ1) is 13.1. The summed E-state index contributed by atoms with van der Waals surface area (Å²) in [7, 11) is 1.33. The van der Waals surface area contributed by atoms with Crippen LogP contribution in [0.2, 0.25) is 0 Å². The summed E-state index contributed by atoms with van der Waals surface area (Å²) in [6.45, 7) is -0.0654. The van der Waals surface area contributed by atoms with Crippen molar-refractivity contribution in [2.45, 2.75) is 6.42 Å². The van der Waals surface area contributed by atoms with Crippen LogP contribution in [0.25, 0.3) is 0 Å². The molecular weight excluding hydrogens is 232 g/mol. The zero-order chi connectivity index (χ0) is 13.0. The lowest BCUT2D eigenvalue weighted by Gasteiger charge is -2.16. The summed E-state index contributed by atoms with van der Waals surface area (Å²) >= 11 is 0. The van der Waals surface area contributed by atoms with Crippen LogP contribution in [0.1, 0.15) is 16.8 Å². The van der Waals surface area contributed by atoms with Crippen LogP contribution in [0.15, 0.2) is 18.2 Å². The number of nitrogens with zero attached hydrogens (tertiary/aromatic N) is 1. The maximum absolute atomic E-state index is 13.3. The topological polar surface area (TPSA) is 57.6 Å². The number of benzene rings is 1. The van der Waals surface area contributed by atoms with E-state index in [-0.39, 0.29) is 13.0 Å². The molecule has 0 aromatic heterocycles. The van der Waals surface area contributed by atoms with Gasteiger partial charge in [-0.05, 0) is 12.1 Å². The Bertz CT molecular complexity index is 448. The lowest BCUT2D eigenvalue weighted by atomic mass is 10.2. The first-order valence-electron chi connectivity index (χ1n) is 4.84. The third-order valence-electron chi connectivity index (χ3n) is 2.19. The summed E-state index contributed by atoms with van der Waals surface area (Å²) < 4.78 is 26.1. The number of hydrogen-bond donors (Lipinski definition) is 1. The van der Waals surface area contributed by atoms with Crippen molar-refractivity contribution < 1.29 is 23.5 Å². The molecule has 17 heavy (non-hydrogen) atoms. The van der Waals surface area contributed by atoms with Gasteiger partial charge < -0.3 is 10.0 Å². The maximum Gasteiger partial charge on any atom is 0.305 e. The second-order valence-corrected chi connectivity index (χ2v) is 3.47. The Morgan fingerprint density at radius 1 is 1.35 bits per heavy atom. The second kappa shape index (κ2) is 5.38. The summed E-state index contributed by atoms with van der Waals surface area (Å²) in [5, 5.41) is 8.44. The lowest BCUT2D eigenvalue weighted by molar-refractivity contribution is -0.137. The van der Waals surface area contributed by atoms with E-state index in [0.29, 0.717) is 0 Å². The number of carbonyl (C=O) groups is 2. The van der Waals surface area contributed by atoms with E-state index in [1.165, 1.54) is 13.1 Å². The minimum absolute atomic E-state index is 0.0654. The zero-order valence-corrected chi connectivity index (χ0v) is 9.11. The molecular formula is C11H11F2NO3. The van der Waals surface area contributed by atoms with Gasteiger partial charge in [0.25, 0.3) is 5.91 Å². The quantitative estimate of drug-likeness (QED) is 0.872. The van der Waals surface area contributed by atoms with E-state index in [0.717, 1.165) is 17.0 Å². The summed E-state index contributed by atoms with van der Waals surface area (Å²) in [4.78, 5) is 23.0.